The van der Waals surface area contributed by atoms with Crippen LogP contribution in [0.3, 0.4) is 0 Å². The predicted octanol–water partition coefficient (Wildman–Crippen LogP) is 2.57. The van der Waals surface area contributed by atoms with Crippen molar-refractivity contribution in [3.05, 3.63) is 59.2 Å². The second-order valence-corrected chi connectivity index (χ2v) is 8.08. The Labute approximate surface area is 153 Å². The molecule has 138 valence electrons. The Balaban J connectivity index is 1.98. The van der Waals surface area contributed by atoms with Gasteiger partial charge in [0, 0.05) is 24.8 Å². The van der Waals surface area contributed by atoms with Crippen molar-refractivity contribution in [2.24, 2.45) is 7.05 Å². The lowest BCUT2D eigenvalue weighted by atomic mass is 10.1. The van der Waals surface area contributed by atoms with Gasteiger partial charge in [-0.25, -0.2) is 17.8 Å². The van der Waals surface area contributed by atoms with Crippen molar-refractivity contribution in [3.8, 4) is 5.69 Å². The lowest BCUT2D eigenvalue weighted by molar-refractivity contribution is 0.565. The fourth-order valence-corrected chi connectivity index (χ4v) is 4.85. The van der Waals surface area contributed by atoms with Gasteiger partial charge in [-0.05, 0) is 39.8 Å². The molecule has 2 heterocycles. The topological polar surface area (TPSA) is 81.8 Å². The first-order valence-electron chi connectivity index (χ1n) is 8.35. The fourth-order valence-electron chi connectivity index (χ4n) is 3.24. The minimum Gasteiger partial charge on any atom is -0.275 e. The van der Waals surface area contributed by atoms with E-state index in [4.69, 9.17) is 0 Å². The van der Waals surface area contributed by atoms with Crippen molar-refractivity contribution in [2.45, 2.75) is 38.6 Å². The van der Waals surface area contributed by atoms with Crippen molar-refractivity contribution >= 4 is 10.0 Å². The van der Waals surface area contributed by atoms with Gasteiger partial charge in [-0.1, -0.05) is 18.2 Å². The Bertz CT molecular complexity index is 1040. The van der Waals surface area contributed by atoms with Gasteiger partial charge >= 0.3 is 0 Å². The average Bonchev–Trinajstić information content (AvgIpc) is 3.06. The maximum absolute atomic E-state index is 13.0. The van der Waals surface area contributed by atoms with Gasteiger partial charge in [0.05, 0.1) is 22.8 Å². The summed E-state index contributed by atoms with van der Waals surface area (Å²) in [4.78, 5) is 0.217. The number of nitrogens with zero attached hydrogens (tertiary/aromatic N) is 4. The lowest BCUT2D eigenvalue weighted by Gasteiger charge is -2.14. The zero-order valence-corrected chi connectivity index (χ0v) is 16.4. The molecule has 2 aromatic heterocycles. The van der Waals surface area contributed by atoms with Crippen molar-refractivity contribution in [1.82, 2.24) is 24.3 Å². The highest BCUT2D eigenvalue weighted by Crippen LogP contribution is 2.25. The molecule has 7 nitrogen and oxygen atoms in total. The van der Waals surface area contributed by atoms with Crippen LogP contribution in [0, 0.1) is 20.8 Å². The fraction of sp³-hybridized carbons (Fsp3) is 0.333. The molecule has 0 aliphatic rings. The Morgan fingerprint density at radius 1 is 1.04 bits per heavy atom. The van der Waals surface area contributed by atoms with Gasteiger partial charge in [0.15, 0.2) is 0 Å². The number of hydrogen-bond donors (Lipinski definition) is 1. The summed E-state index contributed by atoms with van der Waals surface area (Å²) in [6, 6.07) is 9.09. The van der Waals surface area contributed by atoms with Crippen LogP contribution < -0.4 is 4.72 Å². The van der Waals surface area contributed by atoms with Gasteiger partial charge in [-0.3, -0.25) is 4.68 Å². The third-order valence-electron chi connectivity index (χ3n) is 4.34. The average molecular weight is 373 g/mol. The molecule has 8 heteroatoms. The third-order valence-corrected chi connectivity index (χ3v) is 6.14. The van der Waals surface area contributed by atoms with Crippen LogP contribution in [0.25, 0.3) is 5.69 Å². The molecule has 0 saturated carbocycles. The number of hydrogen-bond acceptors (Lipinski definition) is 4. The standard InChI is InChI=1S/C18H23N5O2S/c1-12-17(11-22(5)19-12)13(2)21-26(24,25)18-14(3)20-23(15(18)4)16-9-7-6-8-10-16/h6-11,13,21H,1-5H3. The maximum atomic E-state index is 13.0. The molecule has 1 aromatic carbocycles. The summed E-state index contributed by atoms with van der Waals surface area (Å²) < 4.78 is 32.1. The largest absolute Gasteiger partial charge is 0.275 e. The summed E-state index contributed by atoms with van der Waals surface area (Å²) >= 11 is 0. The van der Waals surface area contributed by atoms with Crippen molar-refractivity contribution in [1.29, 1.82) is 0 Å². The van der Waals surface area contributed by atoms with E-state index in [1.165, 1.54) is 0 Å². The van der Waals surface area contributed by atoms with Crippen LogP contribution in [0.2, 0.25) is 0 Å². The first-order chi connectivity index (χ1) is 12.2. The number of para-hydroxylation sites is 1. The Kier molecular flexibility index (Phi) is 4.72. The highest BCUT2D eigenvalue weighted by atomic mass is 32.2. The van der Waals surface area contributed by atoms with Crippen molar-refractivity contribution in [3.63, 3.8) is 0 Å². The molecular formula is C18H23N5O2S. The molecule has 0 aliphatic heterocycles. The molecule has 1 atom stereocenters. The Hall–Kier alpha value is -2.45. The van der Waals surface area contributed by atoms with E-state index in [-0.39, 0.29) is 4.90 Å². The van der Waals surface area contributed by atoms with E-state index in [9.17, 15) is 8.42 Å². The first-order valence-corrected chi connectivity index (χ1v) is 9.83. The van der Waals surface area contributed by atoms with Gasteiger partial charge in [-0.15, -0.1) is 0 Å². The first kappa shape index (κ1) is 18.3. The summed E-state index contributed by atoms with van der Waals surface area (Å²) in [7, 11) is -1.92. The minimum absolute atomic E-state index is 0.217. The second-order valence-electron chi connectivity index (χ2n) is 6.43. The summed E-state index contributed by atoms with van der Waals surface area (Å²) in [5, 5.41) is 8.71. The molecule has 26 heavy (non-hydrogen) atoms. The zero-order chi connectivity index (χ0) is 19.1. The Morgan fingerprint density at radius 2 is 1.69 bits per heavy atom. The van der Waals surface area contributed by atoms with Crippen molar-refractivity contribution < 1.29 is 8.42 Å². The predicted molar refractivity (Wildman–Crippen MR) is 99.7 cm³/mol. The SMILES string of the molecule is Cc1nn(C)cc1C(C)NS(=O)(=O)c1c(C)nn(-c2ccccc2)c1C. The molecule has 3 aromatic rings. The second kappa shape index (κ2) is 6.69. The van der Waals surface area contributed by atoms with E-state index < -0.39 is 16.1 Å². The van der Waals surface area contributed by atoms with Crippen LogP contribution in [0.5, 0.6) is 0 Å². The monoisotopic (exact) mass is 373 g/mol. The van der Waals surface area contributed by atoms with Crippen LogP contribution in [0.4, 0.5) is 0 Å². The number of nitrogens with one attached hydrogen (secondary N) is 1. The quantitative estimate of drug-likeness (QED) is 0.745. The van der Waals surface area contributed by atoms with E-state index in [1.54, 1.807) is 23.2 Å². The number of rotatable bonds is 5. The van der Waals surface area contributed by atoms with E-state index in [0.717, 1.165) is 16.9 Å². The molecule has 0 spiro atoms. The van der Waals surface area contributed by atoms with Gasteiger partial charge in [0.25, 0.3) is 0 Å². The van der Waals surface area contributed by atoms with E-state index in [0.29, 0.717) is 11.4 Å². The van der Waals surface area contributed by atoms with Gasteiger partial charge in [-0.2, -0.15) is 10.2 Å². The van der Waals surface area contributed by atoms with E-state index >= 15 is 0 Å². The number of sulfonamides is 1. The third kappa shape index (κ3) is 3.30. The van der Waals surface area contributed by atoms with Crippen LogP contribution in [0.1, 0.15) is 35.6 Å². The van der Waals surface area contributed by atoms with Gasteiger partial charge in [0.2, 0.25) is 10.0 Å². The van der Waals surface area contributed by atoms with Gasteiger partial charge < -0.3 is 0 Å². The maximum Gasteiger partial charge on any atom is 0.244 e. The van der Waals surface area contributed by atoms with E-state index in [2.05, 4.69) is 14.9 Å². The highest BCUT2D eigenvalue weighted by molar-refractivity contribution is 7.89. The summed E-state index contributed by atoms with van der Waals surface area (Å²) in [5.41, 5.74) is 3.52. The van der Waals surface area contributed by atoms with Crippen molar-refractivity contribution in [2.75, 3.05) is 0 Å². The smallest absolute Gasteiger partial charge is 0.244 e. The molecule has 0 radical (unpaired) electrons. The highest BCUT2D eigenvalue weighted by Gasteiger charge is 2.27. The number of benzene rings is 1. The molecule has 0 fully saturated rings. The number of aryl methyl sites for hydroxylation is 3. The van der Waals surface area contributed by atoms with Crippen LogP contribution in [0.15, 0.2) is 41.4 Å². The molecule has 3 rings (SSSR count). The molecule has 0 amide bonds. The molecular weight excluding hydrogens is 350 g/mol. The normalized spacial score (nSPS) is 13.1. The molecule has 1 N–H and O–H groups in total. The van der Waals surface area contributed by atoms with Gasteiger partial charge in [0.1, 0.15) is 4.90 Å². The van der Waals surface area contributed by atoms with E-state index in [1.807, 2.05) is 57.4 Å². The Morgan fingerprint density at radius 3 is 2.27 bits per heavy atom. The minimum atomic E-state index is -3.73. The molecule has 0 aliphatic carbocycles. The molecule has 1 unspecified atom stereocenters. The summed E-state index contributed by atoms with van der Waals surface area (Å²) in [5.74, 6) is 0. The molecule has 0 saturated heterocycles. The summed E-state index contributed by atoms with van der Waals surface area (Å²) in [6.07, 6.45) is 1.83. The zero-order valence-electron chi connectivity index (χ0n) is 15.6. The summed E-state index contributed by atoms with van der Waals surface area (Å²) in [6.45, 7) is 7.15. The van der Waals surface area contributed by atoms with Crippen LogP contribution in [-0.4, -0.2) is 28.0 Å². The molecule has 0 bridgehead atoms. The van der Waals surface area contributed by atoms with Crippen LogP contribution in [-0.2, 0) is 17.1 Å². The number of aromatic nitrogens is 4. The lowest BCUT2D eigenvalue weighted by Crippen LogP contribution is -2.28. The van der Waals surface area contributed by atoms with Crippen LogP contribution >= 0.6 is 0 Å².